The van der Waals surface area contributed by atoms with Crippen molar-refractivity contribution in [2.45, 2.75) is 20.0 Å². The van der Waals surface area contributed by atoms with Crippen LogP contribution in [0.2, 0.25) is 5.02 Å². The molecule has 0 spiro atoms. The van der Waals surface area contributed by atoms with Gasteiger partial charge >= 0.3 is 0 Å². The minimum atomic E-state index is 0.520. The van der Waals surface area contributed by atoms with Crippen molar-refractivity contribution in [1.82, 2.24) is 0 Å². The zero-order chi connectivity index (χ0) is 13.7. The standard InChI is InChI=1S/C16H18ClNO/c1-12-2-7-16(15(17)10-12)19-11-14-5-3-13(4-6-14)8-9-18/h2-7,10H,8-9,11,18H2,1H3. The Labute approximate surface area is 119 Å². The summed E-state index contributed by atoms with van der Waals surface area (Å²) in [7, 11) is 0. The lowest BCUT2D eigenvalue weighted by Gasteiger charge is -2.09. The Hall–Kier alpha value is -1.51. The molecule has 2 N–H and O–H groups in total. The molecule has 0 heterocycles. The highest BCUT2D eigenvalue weighted by Crippen LogP contribution is 2.25. The Morgan fingerprint density at radius 3 is 2.37 bits per heavy atom. The van der Waals surface area contributed by atoms with Gasteiger partial charge in [-0.15, -0.1) is 0 Å². The van der Waals surface area contributed by atoms with E-state index in [4.69, 9.17) is 22.1 Å². The molecule has 0 saturated heterocycles. The topological polar surface area (TPSA) is 35.2 Å². The number of nitrogens with two attached hydrogens (primary N) is 1. The largest absolute Gasteiger partial charge is 0.487 e. The number of hydrogen-bond donors (Lipinski definition) is 1. The fraction of sp³-hybridized carbons (Fsp3) is 0.250. The lowest BCUT2D eigenvalue weighted by molar-refractivity contribution is 0.306. The molecule has 0 atom stereocenters. The van der Waals surface area contributed by atoms with Crippen molar-refractivity contribution in [3.63, 3.8) is 0 Å². The van der Waals surface area contributed by atoms with Gasteiger partial charge in [0.15, 0.2) is 0 Å². The molecule has 2 aromatic rings. The molecule has 19 heavy (non-hydrogen) atoms. The maximum atomic E-state index is 6.12. The average Bonchev–Trinajstić information content (AvgIpc) is 2.40. The fourth-order valence-corrected chi connectivity index (χ4v) is 2.14. The first kappa shape index (κ1) is 13.9. The number of benzene rings is 2. The average molecular weight is 276 g/mol. The molecule has 0 unspecified atom stereocenters. The molecule has 2 rings (SSSR count). The van der Waals surface area contributed by atoms with Crippen LogP contribution in [-0.4, -0.2) is 6.54 Å². The van der Waals surface area contributed by atoms with Gasteiger partial charge in [-0.2, -0.15) is 0 Å². The monoisotopic (exact) mass is 275 g/mol. The molecule has 0 amide bonds. The Morgan fingerprint density at radius 2 is 1.74 bits per heavy atom. The molecule has 2 aromatic carbocycles. The van der Waals surface area contributed by atoms with Crippen LogP contribution in [0.3, 0.4) is 0 Å². The van der Waals surface area contributed by atoms with E-state index in [-0.39, 0.29) is 0 Å². The van der Waals surface area contributed by atoms with Gasteiger partial charge in [0.2, 0.25) is 0 Å². The second-order valence-corrected chi connectivity index (χ2v) is 4.98. The van der Waals surface area contributed by atoms with Crippen molar-refractivity contribution in [2.75, 3.05) is 6.54 Å². The third-order valence-electron chi connectivity index (χ3n) is 2.94. The second kappa shape index (κ2) is 6.60. The highest BCUT2D eigenvalue weighted by atomic mass is 35.5. The van der Waals surface area contributed by atoms with E-state index in [1.54, 1.807) is 0 Å². The zero-order valence-corrected chi connectivity index (χ0v) is 11.8. The zero-order valence-electron chi connectivity index (χ0n) is 11.0. The summed E-state index contributed by atoms with van der Waals surface area (Å²) in [6.07, 6.45) is 0.908. The molecule has 2 nitrogen and oxygen atoms in total. The van der Waals surface area contributed by atoms with Crippen LogP contribution < -0.4 is 10.5 Å². The van der Waals surface area contributed by atoms with Crippen molar-refractivity contribution in [3.8, 4) is 5.75 Å². The van der Waals surface area contributed by atoms with Gasteiger partial charge in [0.1, 0.15) is 12.4 Å². The van der Waals surface area contributed by atoms with Crippen molar-refractivity contribution >= 4 is 11.6 Å². The van der Waals surface area contributed by atoms with E-state index in [1.807, 2.05) is 25.1 Å². The van der Waals surface area contributed by atoms with Crippen molar-refractivity contribution in [2.24, 2.45) is 5.73 Å². The van der Waals surface area contributed by atoms with Crippen LogP contribution in [0.4, 0.5) is 0 Å². The number of aryl methyl sites for hydroxylation is 1. The normalized spacial score (nSPS) is 10.5. The van der Waals surface area contributed by atoms with Gasteiger partial charge in [0, 0.05) is 0 Å². The summed E-state index contributed by atoms with van der Waals surface area (Å²) in [4.78, 5) is 0. The molecule has 0 radical (unpaired) electrons. The molecule has 0 aliphatic carbocycles. The summed E-state index contributed by atoms with van der Waals surface area (Å²) in [5.74, 6) is 0.721. The molecule has 0 aromatic heterocycles. The van der Waals surface area contributed by atoms with Crippen LogP contribution in [0.25, 0.3) is 0 Å². The highest BCUT2D eigenvalue weighted by molar-refractivity contribution is 6.32. The third kappa shape index (κ3) is 3.98. The Kier molecular flexibility index (Phi) is 4.83. The van der Waals surface area contributed by atoms with Crippen molar-refractivity contribution < 1.29 is 4.74 Å². The predicted octanol–water partition coefficient (Wildman–Crippen LogP) is 3.73. The molecule has 0 bridgehead atoms. The Bertz CT molecular complexity index is 537. The van der Waals surface area contributed by atoms with Gasteiger partial charge in [-0.3, -0.25) is 0 Å². The maximum Gasteiger partial charge on any atom is 0.138 e. The third-order valence-corrected chi connectivity index (χ3v) is 3.23. The SMILES string of the molecule is Cc1ccc(OCc2ccc(CCN)cc2)c(Cl)c1. The van der Waals surface area contributed by atoms with E-state index < -0.39 is 0 Å². The number of halogens is 1. The van der Waals surface area contributed by atoms with Gasteiger partial charge in [0.25, 0.3) is 0 Å². The molecular formula is C16H18ClNO. The summed E-state index contributed by atoms with van der Waals surface area (Å²) in [6.45, 7) is 3.20. The second-order valence-electron chi connectivity index (χ2n) is 4.58. The Morgan fingerprint density at radius 1 is 1.05 bits per heavy atom. The van der Waals surface area contributed by atoms with Crippen LogP contribution in [0.5, 0.6) is 5.75 Å². The predicted molar refractivity (Wildman–Crippen MR) is 79.7 cm³/mol. The van der Waals surface area contributed by atoms with Gasteiger partial charge < -0.3 is 10.5 Å². The summed E-state index contributed by atoms with van der Waals surface area (Å²) < 4.78 is 5.72. The van der Waals surface area contributed by atoms with E-state index in [0.717, 1.165) is 23.3 Å². The summed E-state index contributed by atoms with van der Waals surface area (Å²) in [5.41, 5.74) is 9.02. The molecule has 0 fully saturated rings. The maximum absolute atomic E-state index is 6.12. The number of rotatable bonds is 5. The summed E-state index contributed by atoms with van der Waals surface area (Å²) in [5, 5.41) is 0.653. The molecule has 0 aliphatic heterocycles. The van der Waals surface area contributed by atoms with E-state index in [1.165, 1.54) is 5.56 Å². The number of hydrogen-bond acceptors (Lipinski definition) is 2. The minimum Gasteiger partial charge on any atom is -0.487 e. The molecule has 3 heteroatoms. The first-order valence-corrected chi connectivity index (χ1v) is 6.73. The van der Waals surface area contributed by atoms with E-state index in [2.05, 4.69) is 24.3 Å². The lowest BCUT2D eigenvalue weighted by atomic mass is 10.1. The van der Waals surface area contributed by atoms with E-state index in [9.17, 15) is 0 Å². The smallest absolute Gasteiger partial charge is 0.138 e. The Balaban J connectivity index is 1.98. The number of ether oxygens (including phenoxy) is 1. The van der Waals surface area contributed by atoms with Gasteiger partial charge in [-0.05, 0) is 48.7 Å². The van der Waals surface area contributed by atoms with Crippen LogP contribution in [0.15, 0.2) is 42.5 Å². The van der Waals surface area contributed by atoms with Gasteiger partial charge in [-0.25, -0.2) is 0 Å². The summed E-state index contributed by atoms with van der Waals surface area (Å²) in [6, 6.07) is 14.1. The molecule has 100 valence electrons. The minimum absolute atomic E-state index is 0.520. The van der Waals surface area contributed by atoms with Crippen LogP contribution >= 0.6 is 11.6 Å². The molecular weight excluding hydrogens is 258 g/mol. The first-order chi connectivity index (χ1) is 9.19. The lowest BCUT2D eigenvalue weighted by Crippen LogP contribution is -2.03. The molecule has 0 saturated carbocycles. The van der Waals surface area contributed by atoms with Crippen molar-refractivity contribution in [1.29, 1.82) is 0 Å². The van der Waals surface area contributed by atoms with Crippen LogP contribution in [0.1, 0.15) is 16.7 Å². The van der Waals surface area contributed by atoms with Crippen molar-refractivity contribution in [3.05, 3.63) is 64.2 Å². The van der Waals surface area contributed by atoms with Crippen LogP contribution in [0, 0.1) is 6.92 Å². The highest BCUT2D eigenvalue weighted by Gasteiger charge is 2.02. The first-order valence-electron chi connectivity index (χ1n) is 6.36. The van der Waals surface area contributed by atoms with E-state index >= 15 is 0 Å². The van der Waals surface area contributed by atoms with Crippen LogP contribution in [-0.2, 0) is 13.0 Å². The fourth-order valence-electron chi connectivity index (χ4n) is 1.85. The molecule has 0 aliphatic rings. The van der Waals surface area contributed by atoms with Gasteiger partial charge in [-0.1, -0.05) is 41.9 Å². The quantitative estimate of drug-likeness (QED) is 0.902. The summed E-state index contributed by atoms with van der Waals surface area (Å²) >= 11 is 6.12. The van der Waals surface area contributed by atoms with Gasteiger partial charge in [0.05, 0.1) is 5.02 Å². The van der Waals surface area contributed by atoms with E-state index in [0.29, 0.717) is 18.2 Å².